The number of carbonyl (C=O) groups excluding carboxylic acids is 1. The average Bonchev–Trinajstić information content (AvgIpc) is 3.50. The van der Waals surface area contributed by atoms with Crippen molar-refractivity contribution in [3.05, 3.63) is 64.0 Å². The Morgan fingerprint density at radius 2 is 1.89 bits per heavy atom. The van der Waals surface area contributed by atoms with Crippen molar-refractivity contribution in [2.45, 2.75) is 68.3 Å². The molecule has 3 aromatic rings. The molecule has 1 aliphatic heterocycles. The van der Waals surface area contributed by atoms with Crippen LogP contribution in [0, 0.1) is 28.8 Å². The quantitative estimate of drug-likeness (QED) is 0.320. The molecule has 5 unspecified atom stereocenters. The highest BCUT2D eigenvalue weighted by Crippen LogP contribution is 2.37. The minimum absolute atomic E-state index is 0.0649. The van der Waals surface area contributed by atoms with Crippen LogP contribution in [0.3, 0.4) is 0 Å². The van der Waals surface area contributed by atoms with Crippen LogP contribution < -0.4 is 4.90 Å². The molecule has 1 amide bonds. The second-order valence-corrected chi connectivity index (χ2v) is 11.6. The minimum Gasteiger partial charge on any atom is -0.394 e. The molecule has 0 radical (unpaired) electrons. The molecule has 5 rings (SSSR count). The standard InChI is InChI=1S/C29H29BrF3N5O6/c1-43-27-25(37-12-20(35-36-37)15-8-18(31)24(33)19(32)9-15)26(41)23(13-39)44-28(27)29(42)38(21-4-2-3-5-22(21)40)17-7-14(11-34)6-16(30)10-17/h6-10,12,21-23,25-28,39-41H,2-5,13H2,1H3/t21-,22-,23?,25?,26?,27?,28?/m0/s1. The molecule has 3 N–H and O–H groups in total. The first-order chi connectivity index (χ1) is 21.1. The van der Waals surface area contributed by atoms with E-state index in [4.69, 9.17) is 9.47 Å². The zero-order valence-electron chi connectivity index (χ0n) is 23.4. The van der Waals surface area contributed by atoms with Gasteiger partial charge in [0.05, 0.1) is 36.6 Å². The highest BCUT2D eigenvalue weighted by atomic mass is 79.9. The first-order valence-electron chi connectivity index (χ1n) is 13.8. The summed E-state index contributed by atoms with van der Waals surface area (Å²) in [5.41, 5.74) is 0.382. The Morgan fingerprint density at radius 1 is 1.18 bits per heavy atom. The van der Waals surface area contributed by atoms with E-state index < -0.39 is 72.6 Å². The van der Waals surface area contributed by atoms with Gasteiger partial charge in [0.15, 0.2) is 23.6 Å². The van der Waals surface area contributed by atoms with E-state index >= 15 is 0 Å². The number of rotatable bonds is 7. The number of aliphatic hydroxyl groups is 3. The van der Waals surface area contributed by atoms with Crippen molar-refractivity contribution in [1.29, 1.82) is 5.26 Å². The Kier molecular flexibility index (Phi) is 9.68. The topological polar surface area (TPSA) is 154 Å². The van der Waals surface area contributed by atoms with E-state index in [9.17, 15) is 38.5 Å². The van der Waals surface area contributed by atoms with Gasteiger partial charge in [-0.05, 0) is 43.2 Å². The van der Waals surface area contributed by atoms with Crippen LogP contribution in [0.2, 0.25) is 0 Å². The zero-order chi connectivity index (χ0) is 31.7. The number of halogens is 4. The lowest BCUT2D eigenvalue weighted by atomic mass is 9.88. The number of carbonyl (C=O) groups is 1. The first kappa shape index (κ1) is 32.0. The smallest absolute Gasteiger partial charge is 0.259 e. The van der Waals surface area contributed by atoms with E-state index in [1.165, 1.54) is 24.3 Å². The maximum atomic E-state index is 14.5. The number of ether oxygens (including phenoxy) is 2. The second kappa shape index (κ2) is 13.3. The van der Waals surface area contributed by atoms with Crippen LogP contribution in [0.4, 0.5) is 18.9 Å². The molecule has 44 heavy (non-hydrogen) atoms. The van der Waals surface area contributed by atoms with E-state index in [1.54, 1.807) is 12.1 Å². The van der Waals surface area contributed by atoms with Gasteiger partial charge in [0.1, 0.15) is 30.0 Å². The molecule has 0 bridgehead atoms. The summed E-state index contributed by atoms with van der Waals surface area (Å²) >= 11 is 3.38. The summed E-state index contributed by atoms with van der Waals surface area (Å²) in [5, 5.41) is 49.8. The van der Waals surface area contributed by atoms with Gasteiger partial charge >= 0.3 is 0 Å². The first-order valence-corrected chi connectivity index (χ1v) is 14.6. The van der Waals surface area contributed by atoms with E-state index in [-0.39, 0.29) is 16.8 Å². The lowest BCUT2D eigenvalue weighted by Gasteiger charge is -2.46. The summed E-state index contributed by atoms with van der Waals surface area (Å²) in [6, 6.07) is 6.37. The lowest BCUT2D eigenvalue weighted by molar-refractivity contribution is -0.211. The fraction of sp³-hybridized carbons (Fsp3) is 0.448. The molecule has 2 aliphatic rings. The third kappa shape index (κ3) is 6.10. The number of hydrogen-bond donors (Lipinski definition) is 3. The van der Waals surface area contributed by atoms with Crippen LogP contribution in [-0.4, -0.2) is 86.5 Å². The maximum Gasteiger partial charge on any atom is 0.259 e. The van der Waals surface area contributed by atoms with Gasteiger partial charge in [-0.2, -0.15) is 5.26 Å². The van der Waals surface area contributed by atoms with Crippen LogP contribution in [0.15, 0.2) is 41.0 Å². The van der Waals surface area contributed by atoms with Crippen molar-refractivity contribution in [2.24, 2.45) is 0 Å². The van der Waals surface area contributed by atoms with Gasteiger partial charge in [-0.25, -0.2) is 17.9 Å². The summed E-state index contributed by atoms with van der Waals surface area (Å²) < 4.78 is 54.7. The van der Waals surface area contributed by atoms with E-state index in [2.05, 4.69) is 32.3 Å². The van der Waals surface area contributed by atoms with Crippen LogP contribution in [0.5, 0.6) is 0 Å². The Hall–Kier alpha value is -3.39. The Balaban J connectivity index is 1.56. The zero-order valence-corrected chi connectivity index (χ0v) is 24.9. The Morgan fingerprint density at radius 3 is 2.52 bits per heavy atom. The van der Waals surface area contributed by atoms with E-state index in [1.807, 2.05) is 0 Å². The molecular formula is C29H29BrF3N5O6. The van der Waals surface area contributed by atoms with Gasteiger partial charge in [-0.3, -0.25) is 4.79 Å². The molecule has 1 aromatic heterocycles. The number of aromatic nitrogens is 3. The monoisotopic (exact) mass is 679 g/mol. The van der Waals surface area contributed by atoms with Gasteiger partial charge in [0, 0.05) is 22.8 Å². The fourth-order valence-electron chi connectivity index (χ4n) is 5.91. The number of aliphatic hydroxyl groups excluding tert-OH is 3. The third-order valence-corrected chi connectivity index (χ3v) is 8.49. The minimum atomic E-state index is -1.65. The molecule has 7 atom stereocenters. The summed E-state index contributed by atoms with van der Waals surface area (Å²) in [6.45, 7) is -0.699. The average molecular weight is 680 g/mol. The molecule has 1 saturated carbocycles. The van der Waals surface area contributed by atoms with Crippen LogP contribution in [0.1, 0.15) is 37.3 Å². The van der Waals surface area contributed by atoms with E-state index in [0.717, 1.165) is 29.7 Å². The van der Waals surface area contributed by atoms with E-state index in [0.29, 0.717) is 23.0 Å². The van der Waals surface area contributed by atoms with Crippen LogP contribution >= 0.6 is 15.9 Å². The maximum absolute atomic E-state index is 14.5. The number of benzene rings is 2. The Bertz CT molecular complexity index is 1550. The highest BCUT2D eigenvalue weighted by Gasteiger charge is 2.52. The van der Waals surface area contributed by atoms with Gasteiger partial charge in [-0.1, -0.05) is 34.0 Å². The summed E-state index contributed by atoms with van der Waals surface area (Å²) in [7, 11) is 1.28. The molecule has 2 fully saturated rings. The summed E-state index contributed by atoms with van der Waals surface area (Å²) in [6.07, 6.45) is -2.75. The number of methoxy groups -OCH3 is 1. The molecule has 0 spiro atoms. The molecular weight excluding hydrogens is 651 g/mol. The molecule has 234 valence electrons. The number of nitriles is 1. The lowest BCUT2D eigenvalue weighted by Crippen LogP contribution is -2.63. The third-order valence-electron chi connectivity index (χ3n) is 8.03. The van der Waals surface area contributed by atoms with Crippen molar-refractivity contribution < 1.29 is 42.8 Å². The van der Waals surface area contributed by atoms with Crippen LogP contribution in [-0.2, 0) is 14.3 Å². The van der Waals surface area contributed by atoms with Crippen molar-refractivity contribution >= 4 is 27.5 Å². The Labute approximate surface area is 258 Å². The predicted octanol–water partition coefficient (Wildman–Crippen LogP) is 3.01. The molecule has 1 aliphatic carbocycles. The highest BCUT2D eigenvalue weighted by molar-refractivity contribution is 9.10. The van der Waals surface area contributed by atoms with Crippen molar-refractivity contribution in [1.82, 2.24) is 15.0 Å². The van der Waals surface area contributed by atoms with Gasteiger partial charge < -0.3 is 29.7 Å². The van der Waals surface area contributed by atoms with Gasteiger partial charge in [-0.15, -0.1) is 5.10 Å². The number of anilines is 1. The molecule has 2 heterocycles. The SMILES string of the molecule is COC1C(C(=O)N(c2cc(Br)cc(C#N)c2)[C@H]2CCCC[C@@H]2O)OC(CO)C(O)C1n1cc(-c2cc(F)c(F)c(F)c2)nn1. The molecule has 2 aromatic carbocycles. The predicted molar refractivity (Wildman–Crippen MR) is 152 cm³/mol. The number of amides is 1. The fourth-order valence-corrected chi connectivity index (χ4v) is 6.39. The largest absolute Gasteiger partial charge is 0.394 e. The van der Waals surface area contributed by atoms with Crippen molar-refractivity contribution in [2.75, 3.05) is 18.6 Å². The van der Waals surface area contributed by atoms with Gasteiger partial charge in [0.25, 0.3) is 5.91 Å². The molecule has 11 nitrogen and oxygen atoms in total. The second-order valence-electron chi connectivity index (χ2n) is 10.7. The van der Waals surface area contributed by atoms with Crippen molar-refractivity contribution in [3.8, 4) is 17.3 Å². The number of hydrogen-bond acceptors (Lipinski definition) is 9. The van der Waals surface area contributed by atoms with Crippen molar-refractivity contribution in [3.63, 3.8) is 0 Å². The normalized spacial score (nSPS) is 27.1. The molecule has 1 saturated heterocycles. The molecule has 15 heteroatoms. The van der Waals surface area contributed by atoms with Crippen LogP contribution in [0.25, 0.3) is 11.3 Å². The summed E-state index contributed by atoms with van der Waals surface area (Å²) in [4.78, 5) is 15.9. The number of nitrogens with zero attached hydrogens (tertiary/aromatic N) is 5. The van der Waals surface area contributed by atoms with Gasteiger partial charge in [0.2, 0.25) is 0 Å². The summed E-state index contributed by atoms with van der Waals surface area (Å²) in [5.74, 6) is -5.17.